The molecule has 0 aliphatic heterocycles. The Morgan fingerprint density at radius 2 is 1.52 bits per heavy atom. The molecule has 0 heterocycles. The van der Waals surface area contributed by atoms with E-state index in [1.54, 1.807) is 48.5 Å². The maximum atomic E-state index is 12.8. The summed E-state index contributed by atoms with van der Waals surface area (Å²) in [6.45, 7) is 5.06. The number of hydrogen-bond acceptors (Lipinski definition) is 6. The highest BCUT2D eigenvalue weighted by atomic mass is 35.5. The normalized spacial score (nSPS) is 10.9. The third-order valence-electron chi connectivity index (χ3n) is 5.84. The minimum absolute atomic E-state index is 0.166. The summed E-state index contributed by atoms with van der Waals surface area (Å²) < 4.78 is 23.3. The molecule has 1 amide bonds. The Labute approximate surface area is 259 Å². The summed E-state index contributed by atoms with van der Waals surface area (Å²) in [6, 6.07) is 23.3. The molecular weight excluding hydrogens is 599 g/mol. The quantitative estimate of drug-likeness (QED) is 0.119. The number of halogens is 3. The van der Waals surface area contributed by atoms with Crippen LogP contribution in [0.4, 0.5) is 0 Å². The molecule has 0 saturated carbocycles. The fourth-order valence-corrected chi connectivity index (χ4v) is 4.59. The van der Waals surface area contributed by atoms with Crippen LogP contribution in [-0.2, 0) is 13.2 Å². The van der Waals surface area contributed by atoms with Gasteiger partial charge in [-0.05, 0) is 67.4 Å². The highest BCUT2D eigenvalue weighted by Crippen LogP contribution is 2.37. The molecule has 0 radical (unpaired) electrons. The summed E-state index contributed by atoms with van der Waals surface area (Å²) in [6.07, 6.45) is 1.47. The standard InChI is InChI=1S/C32H29Cl3N2O5/c1-3-39-29-16-23(11-13-28(29)41-19-21-8-6-5-7-9-21)32(38)37-36-18-22-14-27(35)31(30(15-22)40-4-2)42-20-24-10-12-25(33)17-26(24)34/h5-18H,3-4,19-20H2,1-2H3,(H,37,38)/b36-18+. The lowest BCUT2D eigenvalue weighted by Crippen LogP contribution is -2.17. The van der Waals surface area contributed by atoms with Crippen molar-refractivity contribution in [2.75, 3.05) is 13.2 Å². The lowest BCUT2D eigenvalue weighted by atomic mass is 10.2. The van der Waals surface area contributed by atoms with E-state index < -0.39 is 5.91 Å². The van der Waals surface area contributed by atoms with Gasteiger partial charge < -0.3 is 18.9 Å². The Balaban J connectivity index is 1.43. The molecule has 0 aromatic heterocycles. The van der Waals surface area contributed by atoms with Gasteiger partial charge in [0, 0.05) is 21.2 Å². The van der Waals surface area contributed by atoms with Gasteiger partial charge in [0.25, 0.3) is 5.91 Å². The first kappa shape index (κ1) is 31.0. The fraction of sp³-hybridized carbons (Fsp3) is 0.188. The second-order valence-corrected chi connectivity index (χ2v) is 10.1. The lowest BCUT2D eigenvalue weighted by molar-refractivity contribution is 0.0954. The molecule has 0 unspecified atom stereocenters. The van der Waals surface area contributed by atoms with Crippen LogP contribution in [0.5, 0.6) is 23.0 Å². The Kier molecular flexibility index (Phi) is 11.3. The first-order chi connectivity index (χ1) is 20.4. The van der Waals surface area contributed by atoms with Crippen molar-refractivity contribution < 1.29 is 23.7 Å². The second kappa shape index (κ2) is 15.4. The first-order valence-corrected chi connectivity index (χ1v) is 14.3. The van der Waals surface area contributed by atoms with Crippen molar-refractivity contribution in [1.29, 1.82) is 0 Å². The fourth-order valence-electron chi connectivity index (χ4n) is 3.86. The molecule has 10 heteroatoms. The summed E-state index contributed by atoms with van der Waals surface area (Å²) in [5.41, 5.74) is 5.26. The molecule has 42 heavy (non-hydrogen) atoms. The number of hydrogen-bond donors (Lipinski definition) is 1. The van der Waals surface area contributed by atoms with E-state index in [1.807, 2.05) is 44.2 Å². The largest absolute Gasteiger partial charge is 0.490 e. The molecule has 218 valence electrons. The number of hydrazone groups is 1. The molecule has 0 saturated heterocycles. The van der Waals surface area contributed by atoms with Gasteiger partial charge in [-0.25, -0.2) is 5.43 Å². The van der Waals surface area contributed by atoms with Crippen LogP contribution in [0.3, 0.4) is 0 Å². The van der Waals surface area contributed by atoms with Crippen molar-refractivity contribution in [2.24, 2.45) is 5.10 Å². The van der Waals surface area contributed by atoms with Gasteiger partial charge >= 0.3 is 0 Å². The molecule has 4 rings (SSSR count). The number of rotatable bonds is 13. The second-order valence-electron chi connectivity index (χ2n) is 8.86. The summed E-state index contributed by atoms with van der Waals surface area (Å²) in [4.78, 5) is 12.8. The molecule has 0 fully saturated rings. The zero-order valence-electron chi connectivity index (χ0n) is 23.0. The first-order valence-electron chi connectivity index (χ1n) is 13.2. The lowest BCUT2D eigenvalue weighted by Gasteiger charge is -2.15. The molecule has 0 aliphatic rings. The van der Waals surface area contributed by atoms with Crippen LogP contribution in [0.1, 0.15) is 40.9 Å². The SMILES string of the molecule is CCOc1cc(C(=O)N/N=C/c2cc(Cl)c(OCc3ccc(Cl)cc3Cl)c(OCC)c2)ccc1OCc1ccccc1. The minimum Gasteiger partial charge on any atom is -0.490 e. The van der Waals surface area contributed by atoms with Gasteiger partial charge in [-0.15, -0.1) is 0 Å². The van der Waals surface area contributed by atoms with Crippen molar-refractivity contribution in [2.45, 2.75) is 27.1 Å². The van der Waals surface area contributed by atoms with Crippen LogP contribution in [0.2, 0.25) is 15.1 Å². The maximum absolute atomic E-state index is 12.8. The Morgan fingerprint density at radius 3 is 2.26 bits per heavy atom. The molecule has 1 N–H and O–H groups in total. The van der Waals surface area contributed by atoms with E-state index in [1.165, 1.54) is 6.21 Å². The number of carbonyl (C=O) groups is 1. The molecule has 7 nitrogen and oxygen atoms in total. The summed E-state index contributed by atoms with van der Waals surface area (Å²) >= 11 is 18.8. The van der Waals surface area contributed by atoms with Crippen LogP contribution in [0, 0.1) is 0 Å². The third kappa shape index (κ3) is 8.55. The number of nitrogens with one attached hydrogen (secondary N) is 1. The van der Waals surface area contributed by atoms with E-state index >= 15 is 0 Å². The van der Waals surface area contributed by atoms with E-state index in [4.69, 9.17) is 53.8 Å². The number of amides is 1. The molecule has 0 bridgehead atoms. The van der Waals surface area contributed by atoms with Crippen molar-refractivity contribution in [3.05, 3.63) is 116 Å². The molecule has 0 aliphatic carbocycles. The molecule has 0 spiro atoms. The van der Waals surface area contributed by atoms with Gasteiger partial charge in [-0.2, -0.15) is 5.10 Å². The van der Waals surface area contributed by atoms with Gasteiger partial charge in [-0.3, -0.25) is 4.79 Å². The minimum atomic E-state index is -0.419. The zero-order valence-corrected chi connectivity index (χ0v) is 25.3. The van der Waals surface area contributed by atoms with Crippen LogP contribution in [0.25, 0.3) is 0 Å². The highest BCUT2D eigenvalue weighted by molar-refractivity contribution is 6.35. The van der Waals surface area contributed by atoms with E-state index in [0.29, 0.717) is 69.0 Å². The van der Waals surface area contributed by atoms with Crippen LogP contribution >= 0.6 is 34.8 Å². The third-order valence-corrected chi connectivity index (χ3v) is 6.71. The number of ether oxygens (including phenoxy) is 4. The molecule has 4 aromatic carbocycles. The van der Waals surface area contributed by atoms with E-state index in [-0.39, 0.29) is 6.61 Å². The predicted molar refractivity (Wildman–Crippen MR) is 167 cm³/mol. The van der Waals surface area contributed by atoms with Crippen molar-refractivity contribution in [3.8, 4) is 23.0 Å². The summed E-state index contributed by atoms with van der Waals surface area (Å²) in [5.74, 6) is 1.38. The number of benzene rings is 4. The van der Waals surface area contributed by atoms with Crippen molar-refractivity contribution in [1.82, 2.24) is 5.43 Å². The number of carbonyl (C=O) groups excluding carboxylic acids is 1. The maximum Gasteiger partial charge on any atom is 0.271 e. The summed E-state index contributed by atoms with van der Waals surface area (Å²) in [7, 11) is 0. The highest BCUT2D eigenvalue weighted by Gasteiger charge is 2.15. The number of nitrogens with zero attached hydrogens (tertiary/aromatic N) is 1. The van der Waals surface area contributed by atoms with Gasteiger partial charge in [0.05, 0.1) is 24.5 Å². The van der Waals surface area contributed by atoms with Crippen LogP contribution in [0.15, 0.2) is 84.0 Å². The Hall–Kier alpha value is -3.91. The van der Waals surface area contributed by atoms with E-state index in [0.717, 1.165) is 11.1 Å². The smallest absolute Gasteiger partial charge is 0.271 e. The Morgan fingerprint density at radius 1 is 0.762 bits per heavy atom. The van der Waals surface area contributed by atoms with E-state index in [9.17, 15) is 4.79 Å². The van der Waals surface area contributed by atoms with E-state index in [2.05, 4.69) is 10.5 Å². The van der Waals surface area contributed by atoms with Gasteiger partial charge in [0.2, 0.25) is 0 Å². The monoisotopic (exact) mass is 626 g/mol. The van der Waals surface area contributed by atoms with Gasteiger partial charge in [0.1, 0.15) is 13.2 Å². The average Bonchev–Trinajstić information content (AvgIpc) is 2.98. The zero-order chi connectivity index (χ0) is 29.9. The topological polar surface area (TPSA) is 78.4 Å². The van der Waals surface area contributed by atoms with Crippen LogP contribution in [-0.4, -0.2) is 25.3 Å². The van der Waals surface area contributed by atoms with Crippen molar-refractivity contribution >= 4 is 46.9 Å². The van der Waals surface area contributed by atoms with Crippen molar-refractivity contribution in [3.63, 3.8) is 0 Å². The van der Waals surface area contributed by atoms with Crippen LogP contribution < -0.4 is 24.4 Å². The van der Waals surface area contributed by atoms with Gasteiger partial charge in [-0.1, -0.05) is 71.2 Å². The predicted octanol–water partition coefficient (Wildman–Crippen LogP) is 8.37. The summed E-state index contributed by atoms with van der Waals surface area (Å²) in [5, 5.41) is 5.43. The molecular formula is C32H29Cl3N2O5. The average molecular weight is 628 g/mol. The Bertz CT molecular complexity index is 1550. The molecule has 0 atom stereocenters. The molecule has 4 aromatic rings. The van der Waals surface area contributed by atoms with Gasteiger partial charge in [0.15, 0.2) is 23.0 Å².